The fourth-order valence-corrected chi connectivity index (χ4v) is 4.55. The maximum Gasteiger partial charge on any atom is 0.258 e. The molecule has 3 aromatic carbocycles. The summed E-state index contributed by atoms with van der Waals surface area (Å²) in [6.45, 7) is 4.10. The molecule has 0 unspecified atom stereocenters. The van der Waals surface area contributed by atoms with E-state index in [-0.39, 0.29) is 29.3 Å². The molecule has 6 nitrogen and oxygen atoms in total. The second-order valence-electron chi connectivity index (χ2n) is 9.04. The highest BCUT2D eigenvalue weighted by atomic mass is 19.1. The number of carbonyl (C=O) groups excluding carboxylic acids is 3. The number of rotatable bonds is 8. The van der Waals surface area contributed by atoms with E-state index in [1.807, 2.05) is 30.3 Å². The Labute approximate surface area is 210 Å². The topological polar surface area (TPSA) is 69.7 Å². The number of nitrogens with one attached hydrogen (secondary N) is 1. The number of halogens is 1. The van der Waals surface area contributed by atoms with Gasteiger partial charge in [0.15, 0.2) is 5.78 Å². The molecule has 36 heavy (non-hydrogen) atoms. The van der Waals surface area contributed by atoms with E-state index in [2.05, 4.69) is 10.2 Å². The first kappa shape index (κ1) is 25.3. The molecule has 1 saturated heterocycles. The number of Topliss-reactive ketones (excluding diaryl/α,β-unsaturated/α-hetero) is 1. The lowest BCUT2D eigenvalue weighted by atomic mass is 9.89. The van der Waals surface area contributed by atoms with Crippen LogP contribution in [0, 0.1) is 11.7 Å². The van der Waals surface area contributed by atoms with Gasteiger partial charge in [0.05, 0.1) is 0 Å². The van der Waals surface area contributed by atoms with E-state index in [4.69, 9.17) is 0 Å². The van der Waals surface area contributed by atoms with Gasteiger partial charge in [-0.25, -0.2) is 4.39 Å². The maximum atomic E-state index is 13.5. The van der Waals surface area contributed by atoms with Crippen molar-refractivity contribution in [2.24, 2.45) is 5.92 Å². The first-order chi connectivity index (χ1) is 17.4. The summed E-state index contributed by atoms with van der Waals surface area (Å²) in [5.74, 6) is -0.693. The average molecular weight is 488 g/mol. The summed E-state index contributed by atoms with van der Waals surface area (Å²) in [6, 6.07) is 22.2. The molecule has 0 aliphatic carbocycles. The molecule has 7 heteroatoms. The minimum atomic E-state index is -0.347. The van der Waals surface area contributed by atoms with E-state index < -0.39 is 0 Å². The first-order valence-corrected chi connectivity index (χ1v) is 12.2. The number of amides is 2. The Hall–Kier alpha value is -3.84. The molecule has 0 atom stereocenters. The zero-order valence-electron chi connectivity index (χ0n) is 20.3. The monoisotopic (exact) mass is 487 g/mol. The second-order valence-corrected chi connectivity index (χ2v) is 9.04. The van der Waals surface area contributed by atoms with Gasteiger partial charge in [-0.05, 0) is 80.5 Å². The molecule has 1 heterocycles. The number of hydrogen-bond acceptors (Lipinski definition) is 4. The van der Waals surface area contributed by atoms with Crippen LogP contribution in [0.4, 0.5) is 15.8 Å². The molecule has 1 aliphatic rings. The van der Waals surface area contributed by atoms with E-state index >= 15 is 0 Å². The fourth-order valence-electron chi connectivity index (χ4n) is 4.55. The van der Waals surface area contributed by atoms with Crippen molar-refractivity contribution in [1.82, 2.24) is 4.90 Å². The Balaban J connectivity index is 1.40. The second kappa shape index (κ2) is 11.7. The molecule has 0 spiro atoms. The predicted octanol–water partition coefficient (Wildman–Crippen LogP) is 5.03. The molecule has 0 saturated carbocycles. The lowest BCUT2D eigenvalue weighted by molar-refractivity contribution is -0.114. The van der Waals surface area contributed by atoms with Crippen molar-refractivity contribution in [3.63, 3.8) is 0 Å². The maximum absolute atomic E-state index is 13.5. The lowest BCUT2D eigenvalue weighted by Crippen LogP contribution is -2.42. The zero-order chi connectivity index (χ0) is 25.5. The van der Waals surface area contributed by atoms with Crippen molar-refractivity contribution in [3.05, 3.63) is 95.8 Å². The number of likely N-dealkylation sites (tertiary alicyclic amines) is 1. The molecule has 3 aromatic rings. The Morgan fingerprint density at radius 3 is 2.28 bits per heavy atom. The smallest absolute Gasteiger partial charge is 0.258 e. The summed E-state index contributed by atoms with van der Waals surface area (Å²) in [5, 5.41) is 2.73. The summed E-state index contributed by atoms with van der Waals surface area (Å²) >= 11 is 0. The standard InChI is InChI=1S/C29H30FN3O3/c1-21(34)31-26-7-5-6-24(20-26)29(36)33(27-8-3-2-4-9-27)19-18-32-16-14-23(15-17-32)28(35)22-10-12-25(30)13-11-22/h2-13,20,23H,14-19H2,1H3,(H,31,34). The Morgan fingerprint density at radius 1 is 0.917 bits per heavy atom. The molecular weight excluding hydrogens is 457 g/mol. The van der Waals surface area contributed by atoms with Crippen LogP contribution in [-0.2, 0) is 4.79 Å². The summed E-state index contributed by atoms with van der Waals surface area (Å²) in [6.07, 6.45) is 1.46. The number of para-hydroxylation sites is 1. The number of benzene rings is 3. The molecule has 0 radical (unpaired) electrons. The van der Waals surface area contributed by atoms with E-state index in [1.165, 1.54) is 19.1 Å². The first-order valence-electron chi connectivity index (χ1n) is 12.2. The summed E-state index contributed by atoms with van der Waals surface area (Å²) in [5.41, 5.74) is 2.42. The SMILES string of the molecule is CC(=O)Nc1cccc(C(=O)N(CCN2CCC(C(=O)c3ccc(F)cc3)CC2)c2ccccc2)c1. The number of carbonyl (C=O) groups is 3. The van der Waals surface area contributed by atoms with Gasteiger partial charge < -0.3 is 15.1 Å². The number of hydrogen-bond donors (Lipinski definition) is 1. The highest BCUT2D eigenvalue weighted by molar-refractivity contribution is 6.07. The average Bonchev–Trinajstić information content (AvgIpc) is 2.89. The normalized spacial score (nSPS) is 14.3. The molecule has 0 bridgehead atoms. The number of anilines is 2. The van der Waals surface area contributed by atoms with Gasteiger partial charge in [0.2, 0.25) is 5.91 Å². The molecular formula is C29H30FN3O3. The number of piperidine rings is 1. The highest BCUT2D eigenvalue weighted by Crippen LogP contribution is 2.23. The third-order valence-electron chi connectivity index (χ3n) is 6.47. The molecule has 186 valence electrons. The number of nitrogens with zero attached hydrogens (tertiary/aromatic N) is 2. The van der Waals surface area contributed by atoms with Gasteiger partial charge in [-0.15, -0.1) is 0 Å². The minimum absolute atomic E-state index is 0.0646. The van der Waals surface area contributed by atoms with Crippen molar-refractivity contribution >= 4 is 29.0 Å². The van der Waals surface area contributed by atoms with Crippen LogP contribution in [0.1, 0.15) is 40.5 Å². The third kappa shape index (κ3) is 6.43. The van der Waals surface area contributed by atoms with E-state index in [1.54, 1.807) is 41.3 Å². The van der Waals surface area contributed by atoms with Crippen LogP contribution in [0.5, 0.6) is 0 Å². The van der Waals surface area contributed by atoms with E-state index in [9.17, 15) is 18.8 Å². The number of ketones is 1. The van der Waals surface area contributed by atoms with Gasteiger partial charge in [0.1, 0.15) is 5.82 Å². The molecule has 1 fully saturated rings. The van der Waals surface area contributed by atoms with Crippen LogP contribution < -0.4 is 10.2 Å². The van der Waals surface area contributed by atoms with Crippen molar-refractivity contribution in [2.45, 2.75) is 19.8 Å². The van der Waals surface area contributed by atoms with E-state index in [0.29, 0.717) is 29.9 Å². The largest absolute Gasteiger partial charge is 0.326 e. The summed E-state index contributed by atoms with van der Waals surface area (Å²) in [7, 11) is 0. The Kier molecular flexibility index (Phi) is 8.23. The van der Waals surface area contributed by atoms with Gasteiger partial charge in [-0.3, -0.25) is 14.4 Å². The summed E-state index contributed by atoms with van der Waals surface area (Å²) < 4.78 is 13.2. The van der Waals surface area contributed by atoms with E-state index in [0.717, 1.165) is 31.6 Å². The lowest BCUT2D eigenvalue weighted by Gasteiger charge is -2.33. The summed E-state index contributed by atoms with van der Waals surface area (Å²) in [4.78, 5) is 41.8. The fraction of sp³-hybridized carbons (Fsp3) is 0.276. The zero-order valence-corrected chi connectivity index (χ0v) is 20.3. The highest BCUT2D eigenvalue weighted by Gasteiger charge is 2.27. The molecule has 1 aliphatic heterocycles. The van der Waals surface area contributed by atoms with Crippen molar-refractivity contribution < 1.29 is 18.8 Å². The van der Waals surface area contributed by atoms with Crippen LogP contribution in [0.15, 0.2) is 78.9 Å². The molecule has 1 N–H and O–H groups in total. The molecule has 2 amide bonds. The minimum Gasteiger partial charge on any atom is -0.326 e. The van der Waals surface area contributed by atoms with Crippen molar-refractivity contribution in [1.29, 1.82) is 0 Å². The molecule has 0 aromatic heterocycles. The van der Waals surface area contributed by atoms with Crippen LogP contribution in [0.25, 0.3) is 0 Å². The quantitative estimate of drug-likeness (QED) is 0.453. The van der Waals surface area contributed by atoms with Crippen LogP contribution >= 0.6 is 0 Å². The van der Waals surface area contributed by atoms with Crippen LogP contribution in [0.2, 0.25) is 0 Å². The van der Waals surface area contributed by atoms with Gasteiger partial charge in [0.25, 0.3) is 5.91 Å². The van der Waals surface area contributed by atoms with Gasteiger partial charge in [-0.1, -0.05) is 24.3 Å². The van der Waals surface area contributed by atoms with Crippen molar-refractivity contribution in [2.75, 3.05) is 36.4 Å². The van der Waals surface area contributed by atoms with Crippen LogP contribution in [-0.4, -0.2) is 48.7 Å². The van der Waals surface area contributed by atoms with Gasteiger partial charge in [0, 0.05) is 48.4 Å². The van der Waals surface area contributed by atoms with Gasteiger partial charge >= 0.3 is 0 Å². The third-order valence-corrected chi connectivity index (χ3v) is 6.47. The predicted molar refractivity (Wildman–Crippen MR) is 139 cm³/mol. The molecule has 4 rings (SSSR count). The van der Waals surface area contributed by atoms with Crippen LogP contribution in [0.3, 0.4) is 0 Å². The Bertz CT molecular complexity index is 1210. The van der Waals surface area contributed by atoms with Gasteiger partial charge in [-0.2, -0.15) is 0 Å². The Morgan fingerprint density at radius 2 is 1.61 bits per heavy atom. The van der Waals surface area contributed by atoms with Crippen molar-refractivity contribution in [3.8, 4) is 0 Å².